The molecule has 0 aromatic heterocycles. The highest BCUT2D eigenvalue weighted by Crippen LogP contribution is 2.32. The van der Waals surface area contributed by atoms with Gasteiger partial charge in [0.1, 0.15) is 5.82 Å². The summed E-state index contributed by atoms with van der Waals surface area (Å²) in [6.07, 6.45) is -2.58. The molecule has 0 aliphatic carbocycles. The van der Waals surface area contributed by atoms with Gasteiger partial charge in [0.2, 0.25) is 5.91 Å². The number of rotatable bonds is 7. The number of halogens is 4. The maximum atomic E-state index is 13.3. The summed E-state index contributed by atoms with van der Waals surface area (Å²) in [6, 6.07) is 2.83. The van der Waals surface area contributed by atoms with E-state index in [0.717, 1.165) is 38.1 Å². The molecule has 1 unspecified atom stereocenters. The fourth-order valence-electron chi connectivity index (χ4n) is 3.36. The summed E-state index contributed by atoms with van der Waals surface area (Å²) in [7, 11) is 3.22. The number of amides is 1. The number of benzene rings is 1. The summed E-state index contributed by atoms with van der Waals surface area (Å²) in [5.74, 6) is -0.909. The summed E-state index contributed by atoms with van der Waals surface area (Å²) in [5, 5.41) is 6.00. The van der Waals surface area contributed by atoms with Crippen molar-refractivity contribution in [2.45, 2.75) is 38.5 Å². The molecule has 0 saturated carbocycles. The molecule has 1 aliphatic rings. The topological polar surface area (TPSA) is 60.0 Å². The van der Waals surface area contributed by atoms with Crippen LogP contribution in [0, 0.1) is 5.82 Å². The zero-order chi connectivity index (χ0) is 22.3. The number of aliphatic imine (C=N–C) groups is 1. The lowest BCUT2D eigenvalue weighted by molar-refractivity contribution is -0.138. The fourth-order valence-corrected chi connectivity index (χ4v) is 3.36. The Labute approximate surface area is 174 Å². The summed E-state index contributed by atoms with van der Waals surface area (Å²) >= 11 is 0. The minimum absolute atomic E-state index is 0.0451. The third kappa shape index (κ3) is 6.86. The van der Waals surface area contributed by atoms with Crippen LogP contribution in [0.2, 0.25) is 0 Å². The number of nitrogens with one attached hydrogen (secondary N) is 2. The minimum atomic E-state index is -4.68. The monoisotopic (exact) mass is 431 g/mol. The van der Waals surface area contributed by atoms with Crippen molar-refractivity contribution in [2.24, 2.45) is 4.99 Å². The number of hydrogen-bond acceptors (Lipinski definition) is 3. The number of likely N-dealkylation sites (N-methyl/N-ethyl adjacent to an activating group) is 2. The summed E-state index contributed by atoms with van der Waals surface area (Å²) in [4.78, 5) is 19.8. The van der Waals surface area contributed by atoms with Crippen LogP contribution in [0.3, 0.4) is 0 Å². The third-order valence-corrected chi connectivity index (χ3v) is 5.10. The standard InChI is InChI=1S/C20H29F4N5O/c1-4-29-9-5-6-16(29)12-26-19(27-13-18(30)28(2)3)25-11-14-7-8-15(21)10-17(14)20(22,23)24/h7-8,10,16H,4-6,9,11-13H2,1-3H3,(H2,25,26,27). The minimum Gasteiger partial charge on any atom is -0.355 e. The maximum absolute atomic E-state index is 13.3. The molecule has 1 aliphatic heterocycles. The summed E-state index contributed by atoms with van der Waals surface area (Å²) < 4.78 is 53.0. The molecule has 1 amide bonds. The Bertz CT molecular complexity index is 751. The molecule has 2 rings (SSSR count). The van der Waals surface area contributed by atoms with Crippen LogP contribution in [0.5, 0.6) is 0 Å². The van der Waals surface area contributed by atoms with Gasteiger partial charge >= 0.3 is 6.18 Å². The van der Waals surface area contributed by atoms with Crippen molar-refractivity contribution in [3.05, 3.63) is 35.1 Å². The molecule has 0 bridgehead atoms. The van der Waals surface area contributed by atoms with Crippen LogP contribution in [-0.4, -0.2) is 68.0 Å². The Hall–Kier alpha value is -2.36. The zero-order valence-electron chi connectivity index (χ0n) is 17.5. The summed E-state index contributed by atoms with van der Waals surface area (Å²) in [5.41, 5.74) is -1.19. The molecule has 1 atom stereocenters. The second kappa shape index (κ2) is 10.6. The van der Waals surface area contributed by atoms with Crippen LogP contribution in [0.25, 0.3) is 0 Å². The van der Waals surface area contributed by atoms with Crippen LogP contribution < -0.4 is 10.6 Å². The molecule has 1 heterocycles. The highest BCUT2D eigenvalue weighted by molar-refractivity contribution is 5.86. The number of likely N-dealkylation sites (tertiary alicyclic amines) is 1. The first-order chi connectivity index (χ1) is 14.1. The van der Waals surface area contributed by atoms with E-state index in [2.05, 4.69) is 27.4 Å². The van der Waals surface area contributed by atoms with Crippen LogP contribution in [0.4, 0.5) is 17.6 Å². The molecule has 6 nitrogen and oxygen atoms in total. The van der Waals surface area contributed by atoms with Crippen molar-refractivity contribution < 1.29 is 22.4 Å². The Morgan fingerprint density at radius 1 is 1.30 bits per heavy atom. The van der Waals surface area contributed by atoms with E-state index < -0.39 is 17.6 Å². The summed E-state index contributed by atoms with van der Waals surface area (Å²) in [6.45, 7) is 4.21. The van der Waals surface area contributed by atoms with E-state index in [0.29, 0.717) is 18.7 Å². The van der Waals surface area contributed by atoms with Gasteiger partial charge in [-0.05, 0) is 43.6 Å². The van der Waals surface area contributed by atoms with Gasteiger partial charge in [-0.3, -0.25) is 9.69 Å². The molecule has 1 fully saturated rings. The molecule has 0 radical (unpaired) electrons. The first kappa shape index (κ1) is 23.9. The molecule has 168 valence electrons. The number of carbonyl (C=O) groups excluding carboxylic acids is 1. The number of guanidine groups is 1. The molecule has 2 N–H and O–H groups in total. The van der Waals surface area contributed by atoms with Crippen molar-refractivity contribution in [1.29, 1.82) is 0 Å². The zero-order valence-corrected chi connectivity index (χ0v) is 17.5. The van der Waals surface area contributed by atoms with E-state index in [9.17, 15) is 22.4 Å². The Kier molecular flexibility index (Phi) is 8.45. The van der Waals surface area contributed by atoms with Gasteiger partial charge in [-0.15, -0.1) is 0 Å². The predicted molar refractivity (Wildman–Crippen MR) is 108 cm³/mol. The Morgan fingerprint density at radius 3 is 2.67 bits per heavy atom. The molecule has 1 saturated heterocycles. The van der Waals surface area contributed by atoms with Crippen LogP contribution in [0.15, 0.2) is 23.2 Å². The van der Waals surface area contributed by atoms with E-state index in [-0.39, 0.29) is 30.5 Å². The predicted octanol–water partition coefficient (Wildman–Crippen LogP) is 2.45. The quantitative estimate of drug-likeness (QED) is 0.396. The SMILES string of the molecule is CCN1CCCC1CNC(=NCc1ccc(F)cc1C(F)(F)F)NCC(=O)N(C)C. The molecule has 30 heavy (non-hydrogen) atoms. The molecule has 10 heteroatoms. The molecular weight excluding hydrogens is 402 g/mol. The molecular formula is C20H29F4N5O. The Balaban J connectivity index is 2.14. The largest absolute Gasteiger partial charge is 0.416 e. The maximum Gasteiger partial charge on any atom is 0.416 e. The van der Waals surface area contributed by atoms with Crippen molar-refractivity contribution in [1.82, 2.24) is 20.4 Å². The molecule has 1 aromatic rings. The normalized spacial score (nSPS) is 17.8. The van der Waals surface area contributed by atoms with Crippen molar-refractivity contribution in [3.63, 3.8) is 0 Å². The fraction of sp³-hybridized carbons (Fsp3) is 0.600. The Morgan fingerprint density at radius 2 is 2.03 bits per heavy atom. The van der Waals surface area contributed by atoms with Gasteiger partial charge in [0, 0.05) is 26.7 Å². The van der Waals surface area contributed by atoms with E-state index in [4.69, 9.17) is 0 Å². The first-order valence-electron chi connectivity index (χ1n) is 9.93. The molecule has 0 spiro atoms. The van der Waals surface area contributed by atoms with Gasteiger partial charge in [-0.2, -0.15) is 13.2 Å². The van der Waals surface area contributed by atoms with Crippen LogP contribution in [0.1, 0.15) is 30.9 Å². The van der Waals surface area contributed by atoms with Gasteiger partial charge in [0.05, 0.1) is 18.7 Å². The number of carbonyl (C=O) groups is 1. The van der Waals surface area contributed by atoms with Crippen LogP contribution in [-0.2, 0) is 17.5 Å². The third-order valence-electron chi connectivity index (χ3n) is 5.10. The van der Waals surface area contributed by atoms with Crippen LogP contribution >= 0.6 is 0 Å². The van der Waals surface area contributed by atoms with Crippen molar-refractivity contribution in [2.75, 3.05) is 40.3 Å². The van der Waals surface area contributed by atoms with E-state index in [1.165, 1.54) is 4.90 Å². The second-order valence-corrected chi connectivity index (χ2v) is 7.41. The average molecular weight is 431 g/mol. The number of nitrogens with zero attached hydrogens (tertiary/aromatic N) is 3. The van der Waals surface area contributed by atoms with E-state index in [1.54, 1.807) is 14.1 Å². The van der Waals surface area contributed by atoms with E-state index in [1.807, 2.05) is 0 Å². The average Bonchev–Trinajstić information content (AvgIpc) is 3.14. The molecule has 1 aromatic carbocycles. The van der Waals surface area contributed by atoms with Gasteiger partial charge < -0.3 is 15.5 Å². The van der Waals surface area contributed by atoms with Gasteiger partial charge in [-0.1, -0.05) is 13.0 Å². The lowest BCUT2D eigenvalue weighted by Crippen LogP contribution is -2.47. The highest BCUT2D eigenvalue weighted by atomic mass is 19.4. The number of alkyl halides is 3. The number of hydrogen-bond donors (Lipinski definition) is 2. The van der Waals surface area contributed by atoms with Crippen molar-refractivity contribution >= 4 is 11.9 Å². The lowest BCUT2D eigenvalue weighted by Gasteiger charge is -2.24. The highest BCUT2D eigenvalue weighted by Gasteiger charge is 2.33. The van der Waals surface area contributed by atoms with Gasteiger partial charge in [0.25, 0.3) is 0 Å². The van der Waals surface area contributed by atoms with Gasteiger partial charge in [-0.25, -0.2) is 9.38 Å². The lowest BCUT2D eigenvalue weighted by atomic mass is 10.1. The smallest absolute Gasteiger partial charge is 0.355 e. The van der Waals surface area contributed by atoms with Crippen molar-refractivity contribution in [3.8, 4) is 0 Å². The van der Waals surface area contributed by atoms with Gasteiger partial charge in [0.15, 0.2) is 5.96 Å². The first-order valence-corrected chi connectivity index (χ1v) is 9.93. The second-order valence-electron chi connectivity index (χ2n) is 7.41. The van der Waals surface area contributed by atoms with E-state index >= 15 is 0 Å².